The molecule has 0 fully saturated rings. The molecular weight excluding hydrogens is 464 g/mol. The standard InChI is InChI=1S/C34H38N4/c1-6-23(4)31-22-38(28-17-10-9-11-18-28)34(37-31)29-19-13-16-27-20-21-30(36-33(27)29)24(5)35-32-25(7-2)14-12-15-26(32)8-3/h9-21,23,31H,6-8,22H2,1-5H3/t23-,31+/m0/s1. The predicted molar refractivity (Wildman–Crippen MR) is 162 cm³/mol. The lowest BCUT2D eigenvalue weighted by molar-refractivity contribution is 0.465. The van der Waals surface area contributed by atoms with Crippen LogP contribution in [-0.2, 0) is 12.8 Å². The minimum atomic E-state index is 0.259. The van der Waals surface area contributed by atoms with E-state index in [2.05, 4.69) is 118 Å². The lowest BCUT2D eigenvalue weighted by Crippen LogP contribution is -2.31. The predicted octanol–water partition coefficient (Wildman–Crippen LogP) is 8.18. The molecule has 0 aliphatic carbocycles. The van der Waals surface area contributed by atoms with Gasteiger partial charge in [-0.15, -0.1) is 0 Å². The Kier molecular flexibility index (Phi) is 7.69. The van der Waals surface area contributed by atoms with Crippen molar-refractivity contribution in [3.05, 3.63) is 101 Å². The summed E-state index contributed by atoms with van der Waals surface area (Å²) in [5.41, 5.74) is 8.71. The number of anilines is 1. The molecule has 0 spiro atoms. The van der Waals surface area contributed by atoms with Gasteiger partial charge in [0.15, 0.2) is 0 Å². The van der Waals surface area contributed by atoms with Crippen molar-refractivity contribution in [1.29, 1.82) is 0 Å². The van der Waals surface area contributed by atoms with Gasteiger partial charge in [-0.1, -0.05) is 88.7 Å². The second-order valence-corrected chi connectivity index (χ2v) is 10.3. The van der Waals surface area contributed by atoms with E-state index in [-0.39, 0.29) is 6.04 Å². The summed E-state index contributed by atoms with van der Waals surface area (Å²) in [6, 6.07) is 28.1. The number of aromatic nitrogens is 1. The van der Waals surface area contributed by atoms with Crippen LogP contribution in [0.5, 0.6) is 0 Å². The summed E-state index contributed by atoms with van der Waals surface area (Å²) in [5, 5.41) is 1.12. The number of amidine groups is 1. The smallest absolute Gasteiger partial charge is 0.138 e. The van der Waals surface area contributed by atoms with Gasteiger partial charge in [0.2, 0.25) is 0 Å². The largest absolute Gasteiger partial charge is 0.324 e. The van der Waals surface area contributed by atoms with E-state index in [1.54, 1.807) is 0 Å². The van der Waals surface area contributed by atoms with Crippen molar-refractivity contribution in [2.24, 2.45) is 15.9 Å². The molecule has 3 aromatic carbocycles. The van der Waals surface area contributed by atoms with Gasteiger partial charge in [-0.25, -0.2) is 4.98 Å². The summed E-state index contributed by atoms with van der Waals surface area (Å²) in [7, 11) is 0. The third-order valence-electron chi connectivity index (χ3n) is 7.86. The highest BCUT2D eigenvalue weighted by Gasteiger charge is 2.31. The molecular formula is C34H38N4. The molecule has 2 atom stereocenters. The Labute approximate surface area is 227 Å². The fourth-order valence-corrected chi connectivity index (χ4v) is 5.28. The van der Waals surface area contributed by atoms with Crippen LogP contribution in [0.3, 0.4) is 0 Å². The molecule has 2 heterocycles. The van der Waals surface area contributed by atoms with Crippen LogP contribution in [-0.4, -0.2) is 29.1 Å². The summed E-state index contributed by atoms with van der Waals surface area (Å²) in [5.74, 6) is 1.52. The first-order valence-corrected chi connectivity index (χ1v) is 14.0. The summed E-state index contributed by atoms with van der Waals surface area (Å²) < 4.78 is 0. The zero-order valence-electron chi connectivity index (χ0n) is 23.3. The van der Waals surface area contributed by atoms with Crippen molar-refractivity contribution >= 4 is 33.8 Å². The third-order valence-corrected chi connectivity index (χ3v) is 7.86. The molecule has 0 N–H and O–H groups in total. The number of hydrogen-bond acceptors (Lipinski definition) is 4. The fourth-order valence-electron chi connectivity index (χ4n) is 5.28. The molecule has 38 heavy (non-hydrogen) atoms. The highest BCUT2D eigenvalue weighted by atomic mass is 15.3. The van der Waals surface area contributed by atoms with Crippen LogP contribution in [0.25, 0.3) is 10.9 Å². The summed E-state index contributed by atoms with van der Waals surface area (Å²) in [4.78, 5) is 18.0. The Hall–Kier alpha value is -3.79. The van der Waals surface area contributed by atoms with Crippen molar-refractivity contribution in [1.82, 2.24) is 4.98 Å². The maximum atomic E-state index is 5.30. The van der Waals surface area contributed by atoms with E-state index in [9.17, 15) is 0 Å². The van der Waals surface area contributed by atoms with Crippen LogP contribution in [0.4, 0.5) is 11.4 Å². The zero-order valence-corrected chi connectivity index (χ0v) is 23.3. The van der Waals surface area contributed by atoms with E-state index < -0.39 is 0 Å². The zero-order chi connectivity index (χ0) is 26.6. The molecule has 5 rings (SSSR count). The van der Waals surface area contributed by atoms with Crippen molar-refractivity contribution in [2.45, 2.75) is 59.9 Å². The fraction of sp³-hybridized carbons (Fsp3) is 0.324. The second-order valence-electron chi connectivity index (χ2n) is 10.3. The average molecular weight is 503 g/mol. The molecule has 0 unspecified atom stereocenters. The molecule has 4 nitrogen and oxygen atoms in total. The minimum absolute atomic E-state index is 0.259. The first-order valence-electron chi connectivity index (χ1n) is 14.0. The maximum absolute atomic E-state index is 5.30. The Morgan fingerprint density at radius 1 is 0.895 bits per heavy atom. The van der Waals surface area contributed by atoms with Crippen molar-refractivity contribution in [2.75, 3.05) is 11.4 Å². The number of nitrogens with zero attached hydrogens (tertiary/aromatic N) is 4. The van der Waals surface area contributed by atoms with Gasteiger partial charge in [0.1, 0.15) is 5.84 Å². The number of aryl methyl sites for hydroxylation is 2. The molecule has 1 aliphatic rings. The van der Waals surface area contributed by atoms with Gasteiger partial charge in [-0.2, -0.15) is 0 Å². The van der Waals surface area contributed by atoms with Crippen LogP contribution in [0, 0.1) is 5.92 Å². The van der Waals surface area contributed by atoms with Crippen LogP contribution in [0.2, 0.25) is 0 Å². The third kappa shape index (κ3) is 5.00. The van der Waals surface area contributed by atoms with Crippen LogP contribution in [0.1, 0.15) is 63.4 Å². The number of pyridine rings is 1. The van der Waals surface area contributed by atoms with Gasteiger partial charge >= 0.3 is 0 Å². The summed E-state index contributed by atoms with van der Waals surface area (Å²) in [6.45, 7) is 11.9. The second kappa shape index (κ2) is 11.3. The lowest BCUT2D eigenvalue weighted by atomic mass is 10.0. The first-order chi connectivity index (χ1) is 18.5. The Morgan fingerprint density at radius 2 is 1.61 bits per heavy atom. The molecule has 0 amide bonds. The van der Waals surface area contributed by atoms with Gasteiger partial charge in [0, 0.05) is 23.2 Å². The van der Waals surface area contributed by atoms with Gasteiger partial charge < -0.3 is 4.90 Å². The van der Waals surface area contributed by atoms with Crippen molar-refractivity contribution in [3.63, 3.8) is 0 Å². The van der Waals surface area contributed by atoms with Gasteiger partial charge in [0.25, 0.3) is 0 Å². The van der Waals surface area contributed by atoms with E-state index in [0.717, 1.165) is 65.2 Å². The molecule has 1 aliphatic heterocycles. The number of para-hydroxylation sites is 3. The molecule has 0 saturated heterocycles. The molecule has 0 radical (unpaired) electrons. The van der Waals surface area contributed by atoms with E-state index in [0.29, 0.717) is 5.92 Å². The van der Waals surface area contributed by atoms with E-state index in [1.165, 1.54) is 16.8 Å². The van der Waals surface area contributed by atoms with E-state index in [1.807, 2.05) is 0 Å². The van der Waals surface area contributed by atoms with Crippen molar-refractivity contribution in [3.8, 4) is 0 Å². The summed E-state index contributed by atoms with van der Waals surface area (Å²) >= 11 is 0. The SMILES string of the molecule is CCc1cccc(CC)c1N=C(C)c1ccc2cccc(C3=N[C@@H]([C@@H](C)CC)CN3c3ccccc3)c2n1. The number of benzene rings is 3. The van der Waals surface area contributed by atoms with E-state index >= 15 is 0 Å². The van der Waals surface area contributed by atoms with Crippen LogP contribution < -0.4 is 4.90 Å². The van der Waals surface area contributed by atoms with Crippen molar-refractivity contribution < 1.29 is 0 Å². The highest BCUT2D eigenvalue weighted by Crippen LogP contribution is 2.31. The van der Waals surface area contributed by atoms with Crippen LogP contribution in [0.15, 0.2) is 88.8 Å². The monoisotopic (exact) mass is 502 g/mol. The maximum Gasteiger partial charge on any atom is 0.138 e. The number of hydrogen-bond donors (Lipinski definition) is 0. The van der Waals surface area contributed by atoms with E-state index in [4.69, 9.17) is 15.0 Å². The number of rotatable bonds is 8. The normalized spacial score (nSPS) is 16.7. The highest BCUT2D eigenvalue weighted by molar-refractivity contribution is 6.17. The van der Waals surface area contributed by atoms with Gasteiger partial charge in [-0.05, 0) is 61.1 Å². The Balaban J connectivity index is 1.62. The topological polar surface area (TPSA) is 40.9 Å². The molecule has 1 aromatic heterocycles. The molecule has 4 heteroatoms. The molecule has 0 saturated carbocycles. The Bertz CT molecular complexity index is 1460. The first kappa shape index (κ1) is 25.8. The quantitative estimate of drug-likeness (QED) is 0.228. The molecule has 4 aromatic rings. The number of aliphatic imine (C=N–C) groups is 2. The lowest BCUT2D eigenvalue weighted by Gasteiger charge is -2.23. The summed E-state index contributed by atoms with van der Waals surface area (Å²) in [6.07, 6.45) is 3.03. The average Bonchev–Trinajstić information content (AvgIpc) is 3.42. The van der Waals surface area contributed by atoms with Gasteiger partial charge in [0.05, 0.1) is 28.7 Å². The number of fused-ring (bicyclic) bond motifs is 1. The molecule has 194 valence electrons. The minimum Gasteiger partial charge on any atom is -0.324 e. The Morgan fingerprint density at radius 3 is 2.29 bits per heavy atom. The van der Waals surface area contributed by atoms with Crippen LogP contribution >= 0.6 is 0 Å². The van der Waals surface area contributed by atoms with Gasteiger partial charge in [-0.3, -0.25) is 9.98 Å². The molecule has 0 bridgehead atoms.